The quantitative estimate of drug-likeness (QED) is 0.397. The lowest BCUT2D eigenvalue weighted by molar-refractivity contribution is 0.587. The summed E-state index contributed by atoms with van der Waals surface area (Å²) in [5.41, 5.74) is 3.23. The number of aryl methyl sites for hydroxylation is 1. The molecule has 0 amide bonds. The highest BCUT2D eigenvalue weighted by Gasteiger charge is 2.21. The molecule has 2 heterocycles. The van der Waals surface area contributed by atoms with Gasteiger partial charge in [0.2, 0.25) is 0 Å². The van der Waals surface area contributed by atoms with Gasteiger partial charge in [-0.25, -0.2) is 13.1 Å². The Balaban J connectivity index is 1.76. The van der Waals surface area contributed by atoms with Crippen LogP contribution in [0.5, 0.6) is 0 Å². The van der Waals surface area contributed by atoms with Gasteiger partial charge in [-0.05, 0) is 70.2 Å². The van der Waals surface area contributed by atoms with E-state index in [4.69, 9.17) is 0 Å². The van der Waals surface area contributed by atoms with Gasteiger partial charge in [-0.1, -0.05) is 32.9 Å². The van der Waals surface area contributed by atoms with E-state index in [-0.39, 0.29) is 10.3 Å². The third-order valence-corrected chi connectivity index (χ3v) is 7.04. The molecule has 4 rings (SSSR count). The topological polar surface area (TPSA) is 76.9 Å². The van der Waals surface area contributed by atoms with Gasteiger partial charge in [-0.15, -0.1) is 0 Å². The van der Waals surface area contributed by atoms with Gasteiger partial charge in [0, 0.05) is 22.1 Å². The van der Waals surface area contributed by atoms with Crippen molar-refractivity contribution in [1.29, 1.82) is 0 Å². The fourth-order valence-electron chi connectivity index (χ4n) is 3.39. The van der Waals surface area contributed by atoms with Crippen molar-refractivity contribution in [2.45, 2.75) is 38.0 Å². The SMILES string of the molecule is Cc1cc(NS(=O)(=O)c2ccc(C(C)(C)C)cc2)n(-c2ccc(Br)c3ncccc23)n1. The van der Waals surface area contributed by atoms with Crippen molar-refractivity contribution in [3.05, 3.63) is 76.5 Å². The monoisotopic (exact) mass is 498 g/mol. The van der Waals surface area contributed by atoms with Crippen molar-refractivity contribution in [2.24, 2.45) is 0 Å². The second-order valence-electron chi connectivity index (χ2n) is 8.43. The number of halogens is 1. The molecule has 0 bridgehead atoms. The summed E-state index contributed by atoms with van der Waals surface area (Å²) in [7, 11) is -3.79. The smallest absolute Gasteiger partial charge is 0.263 e. The Morgan fingerprint density at radius 1 is 1.03 bits per heavy atom. The van der Waals surface area contributed by atoms with Gasteiger partial charge in [-0.3, -0.25) is 9.71 Å². The van der Waals surface area contributed by atoms with Gasteiger partial charge in [0.1, 0.15) is 5.82 Å². The first kappa shape index (κ1) is 21.5. The van der Waals surface area contributed by atoms with Gasteiger partial charge >= 0.3 is 0 Å². The van der Waals surface area contributed by atoms with Crippen molar-refractivity contribution < 1.29 is 8.42 Å². The van der Waals surface area contributed by atoms with Crippen LogP contribution in [0, 0.1) is 6.92 Å². The number of nitrogens with one attached hydrogen (secondary N) is 1. The summed E-state index contributed by atoms with van der Waals surface area (Å²) in [4.78, 5) is 4.63. The summed E-state index contributed by atoms with van der Waals surface area (Å²) in [6, 6.07) is 16.2. The minimum absolute atomic E-state index is 0.0534. The highest BCUT2D eigenvalue weighted by atomic mass is 79.9. The molecule has 0 aliphatic heterocycles. The molecule has 0 unspecified atom stereocenters. The summed E-state index contributed by atoms with van der Waals surface area (Å²) < 4.78 is 31.4. The second-order valence-corrected chi connectivity index (χ2v) is 11.0. The Bertz CT molecular complexity index is 1370. The molecule has 0 spiro atoms. The largest absolute Gasteiger partial charge is 0.263 e. The first-order valence-electron chi connectivity index (χ1n) is 9.80. The molecule has 1 N–H and O–H groups in total. The minimum Gasteiger partial charge on any atom is -0.263 e. The number of hydrogen-bond acceptors (Lipinski definition) is 4. The average molecular weight is 499 g/mol. The lowest BCUT2D eigenvalue weighted by Gasteiger charge is -2.19. The molecule has 31 heavy (non-hydrogen) atoms. The number of sulfonamides is 1. The molecule has 0 atom stereocenters. The van der Waals surface area contributed by atoms with Crippen LogP contribution >= 0.6 is 15.9 Å². The lowest BCUT2D eigenvalue weighted by atomic mass is 9.87. The van der Waals surface area contributed by atoms with Crippen LogP contribution < -0.4 is 4.72 Å². The number of benzene rings is 2. The summed E-state index contributed by atoms with van der Waals surface area (Å²) in [5.74, 6) is 0.366. The molecule has 0 fully saturated rings. The van der Waals surface area contributed by atoms with E-state index in [9.17, 15) is 8.42 Å². The third-order valence-electron chi connectivity index (χ3n) is 5.03. The molecule has 2 aromatic heterocycles. The molecule has 0 saturated heterocycles. The standard InChI is InChI=1S/C23H23BrN4O2S/c1-15-14-21(27-31(29,30)17-9-7-16(8-10-17)23(2,3)4)28(26-15)20-12-11-19(24)22-18(20)6-5-13-25-22/h5-14,27H,1-4H3. The van der Waals surface area contributed by atoms with Crippen LogP contribution in [-0.4, -0.2) is 23.2 Å². The second kappa shape index (κ2) is 7.76. The summed E-state index contributed by atoms with van der Waals surface area (Å²) in [6.07, 6.45) is 1.72. The molecular weight excluding hydrogens is 476 g/mol. The van der Waals surface area contributed by atoms with Crippen LogP contribution in [-0.2, 0) is 15.4 Å². The Hall–Kier alpha value is -2.71. The van der Waals surface area contributed by atoms with E-state index in [1.165, 1.54) is 0 Å². The number of aromatic nitrogens is 3. The number of pyridine rings is 1. The van der Waals surface area contributed by atoms with Crippen LogP contribution in [0.2, 0.25) is 0 Å². The van der Waals surface area contributed by atoms with Crippen molar-refractivity contribution >= 4 is 42.7 Å². The highest BCUT2D eigenvalue weighted by molar-refractivity contribution is 9.10. The fraction of sp³-hybridized carbons (Fsp3) is 0.217. The lowest BCUT2D eigenvalue weighted by Crippen LogP contribution is -2.17. The maximum atomic E-state index is 13.1. The Morgan fingerprint density at radius 2 is 1.74 bits per heavy atom. The zero-order chi connectivity index (χ0) is 22.4. The number of rotatable bonds is 4. The predicted octanol–water partition coefficient (Wildman–Crippen LogP) is 5.59. The van der Waals surface area contributed by atoms with E-state index in [1.54, 1.807) is 29.1 Å². The molecule has 8 heteroatoms. The Labute approximate surface area is 190 Å². The van der Waals surface area contributed by atoms with Crippen LogP contribution in [0.25, 0.3) is 16.6 Å². The van der Waals surface area contributed by atoms with Crippen LogP contribution in [0.1, 0.15) is 32.0 Å². The number of fused-ring (bicyclic) bond motifs is 1. The van der Waals surface area contributed by atoms with E-state index < -0.39 is 10.0 Å². The normalized spacial score (nSPS) is 12.3. The fourth-order valence-corrected chi connectivity index (χ4v) is 4.88. The molecule has 2 aromatic carbocycles. The van der Waals surface area contributed by atoms with Crippen LogP contribution in [0.15, 0.2) is 70.2 Å². The van der Waals surface area contributed by atoms with Gasteiger partial charge < -0.3 is 0 Å². The van der Waals surface area contributed by atoms with E-state index in [2.05, 4.69) is 51.5 Å². The van der Waals surface area contributed by atoms with Gasteiger partial charge in [0.15, 0.2) is 0 Å². The number of anilines is 1. The van der Waals surface area contributed by atoms with Crippen molar-refractivity contribution in [3.8, 4) is 5.69 Å². The summed E-state index contributed by atoms with van der Waals surface area (Å²) in [6.45, 7) is 8.10. The van der Waals surface area contributed by atoms with Crippen LogP contribution in [0.4, 0.5) is 5.82 Å². The van der Waals surface area contributed by atoms with Gasteiger partial charge in [0.05, 0.1) is 21.8 Å². The Kier molecular flexibility index (Phi) is 5.39. The zero-order valence-electron chi connectivity index (χ0n) is 17.7. The predicted molar refractivity (Wildman–Crippen MR) is 127 cm³/mol. The molecule has 160 valence electrons. The van der Waals surface area contributed by atoms with Gasteiger partial charge in [0.25, 0.3) is 10.0 Å². The maximum Gasteiger partial charge on any atom is 0.263 e. The highest BCUT2D eigenvalue weighted by Crippen LogP contribution is 2.30. The zero-order valence-corrected chi connectivity index (χ0v) is 20.1. The average Bonchev–Trinajstić information content (AvgIpc) is 3.07. The molecule has 0 aliphatic rings. The van der Waals surface area contributed by atoms with E-state index in [0.717, 1.165) is 26.6 Å². The third kappa shape index (κ3) is 4.22. The first-order valence-corrected chi connectivity index (χ1v) is 12.1. The van der Waals surface area contributed by atoms with Crippen LogP contribution in [0.3, 0.4) is 0 Å². The maximum absolute atomic E-state index is 13.1. The molecule has 0 radical (unpaired) electrons. The molecular formula is C23H23BrN4O2S. The van der Waals surface area contributed by atoms with E-state index >= 15 is 0 Å². The van der Waals surface area contributed by atoms with Gasteiger partial charge in [-0.2, -0.15) is 5.10 Å². The number of hydrogen-bond donors (Lipinski definition) is 1. The van der Waals surface area contributed by atoms with E-state index in [1.807, 2.05) is 43.3 Å². The number of nitrogens with zero attached hydrogens (tertiary/aromatic N) is 3. The summed E-state index contributed by atoms with van der Waals surface area (Å²) in [5, 5.41) is 5.39. The van der Waals surface area contributed by atoms with Crippen molar-refractivity contribution in [3.63, 3.8) is 0 Å². The molecule has 0 saturated carbocycles. The Morgan fingerprint density at radius 3 is 2.42 bits per heavy atom. The molecule has 0 aliphatic carbocycles. The minimum atomic E-state index is -3.79. The first-order chi connectivity index (χ1) is 14.6. The molecule has 6 nitrogen and oxygen atoms in total. The molecule has 4 aromatic rings. The van der Waals surface area contributed by atoms with E-state index in [0.29, 0.717) is 11.5 Å². The van der Waals surface area contributed by atoms with Crippen molar-refractivity contribution in [2.75, 3.05) is 4.72 Å². The van der Waals surface area contributed by atoms with Crippen molar-refractivity contribution in [1.82, 2.24) is 14.8 Å². The summed E-state index contributed by atoms with van der Waals surface area (Å²) >= 11 is 3.52.